The number of ether oxygens (including phenoxy) is 1. The van der Waals surface area contributed by atoms with Gasteiger partial charge in [0.2, 0.25) is 0 Å². The molecule has 0 aromatic rings. The molecule has 11 heavy (non-hydrogen) atoms. The van der Waals surface area contributed by atoms with Gasteiger partial charge >= 0.3 is 0 Å². The molecular formula is C9H16O2. The summed E-state index contributed by atoms with van der Waals surface area (Å²) >= 11 is 0. The van der Waals surface area contributed by atoms with Crippen molar-refractivity contribution in [3.8, 4) is 0 Å². The smallest absolute Gasteiger partial charge is 0.141 e. The largest absolute Gasteiger partial charge is 0.380 e. The molecule has 1 rings (SSSR count). The van der Waals surface area contributed by atoms with Crippen molar-refractivity contribution in [3.63, 3.8) is 0 Å². The highest BCUT2D eigenvalue weighted by Crippen LogP contribution is 2.34. The summed E-state index contributed by atoms with van der Waals surface area (Å²) in [6, 6.07) is 0. The molecule has 0 aromatic heterocycles. The van der Waals surface area contributed by atoms with E-state index in [1.807, 2.05) is 13.8 Å². The minimum Gasteiger partial charge on any atom is -0.380 e. The van der Waals surface area contributed by atoms with Crippen LogP contribution in [0.4, 0.5) is 0 Å². The third kappa shape index (κ3) is 1.45. The molecule has 0 radical (unpaired) electrons. The fraction of sp³-hybridized carbons (Fsp3) is 0.889. The van der Waals surface area contributed by atoms with E-state index in [0.29, 0.717) is 5.78 Å². The second-order valence-corrected chi connectivity index (χ2v) is 3.76. The molecule has 1 unspecified atom stereocenters. The number of carbonyl (C=O) groups is 1. The van der Waals surface area contributed by atoms with Gasteiger partial charge in [-0.15, -0.1) is 0 Å². The fourth-order valence-electron chi connectivity index (χ4n) is 1.72. The molecule has 0 aromatic carbocycles. The molecule has 0 saturated heterocycles. The van der Waals surface area contributed by atoms with Gasteiger partial charge in [0.25, 0.3) is 0 Å². The quantitative estimate of drug-likeness (QED) is 0.578. The average molecular weight is 156 g/mol. The summed E-state index contributed by atoms with van der Waals surface area (Å²) in [5.74, 6) is 0.343. The van der Waals surface area contributed by atoms with Gasteiger partial charge in [-0.2, -0.15) is 0 Å². The zero-order valence-electron chi connectivity index (χ0n) is 7.52. The van der Waals surface area contributed by atoms with Crippen LogP contribution in [0, 0.1) is 5.41 Å². The summed E-state index contributed by atoms with van der Waals surface area (Å²) in [6.45, 7) is 3.95. The lowest BCUT2D eigenvalue weighted by atomic mass is 9.74. The number of ketones is 1. The Kier molecular flexibility index (Phi) is 2.33. The number of hydrogen-bond donors (Lipinski definition) is 0. The molecule has 1 aliphatic rings. The van der Waals surface area contributed by atoms with Crippen LogP contribution in [0.1, 0.15) is 33.1 Å². The van der Waals surface area contributed by atoms with E-state index in [2.05, 4.69) is 0 Å². The fourth-order valence-corrected chi connectivity index (χ4v) is 1.72. The van der Waals surface area contributed by atoms with E-state index < -0.39 is 0 Å². The molecule has 64 valence electrons. The second kappa shape index (κ2) is 2.94. The molecule has 1 saturated carbocycles. The van der Waals surface area contributed by atoms with Crippen LogP contribution < -0.4 is 0 Å². The second-order valence-electron chi connectivity index (χ2n) is 3.76. The number of Topliss-reactive ketones (excluding diaryl/α,β-unsaturated/α-hetero) is 1. The standard InChI is InChI=1S/C9H16O2/c1-9(2)7(10)5-4-6-8(9)11-3/h8H,4-6H2,1-3H3. The first kappa shape index (κ1) is 8.72. The highest BCUT2D eigenvalue weighted by molar-refractivity contribution is 5.85. The lowest BCUT2D eigenvalue weighted by Crippen LogP contribution is -2.41. The third-order valence-corrected chi connectivity index (χ3v) is 2.68. The van der Waals surface area contributed by atoms with Gasteiger partial charge in [0.15, 0.2) is 0 Å². The van der Waals surface area contributed by atoms with Crippen LogP contribution in [0.25, 0.3) is 0 Å². The molecule has 1 aliphatic carbocycles. The maximum absolute atomic E-state index is 11.4. The molecular weight excluding hydrogens is 140 g/mol. The summed E-state index contributed by atoms with van der Waals surface area (Å²) < 4.78 is 5.26. The lowest BCUT2D eigenvalue weighted by Gasteiger charge is -2.35. The number of carbonyl (C=O) groups excluding carboxylic acids is 1. The van der Waals surface area contributed by atoms with Crippen molar-refractivity contribution in [1.82, 2.24) is 0 Å². The molecule has 0 aliphatic heterocycles. The van der Waals surface area contributed by atoms with E-state index in [-0.39, 0.29) is 11.5 Å². The molecule has 0 heterocycles. The van der Waals surface area contributed by atoms with Crippen molar-refractivity contribution >= 4 is 5.78 Å². The van der Waals surface area contributed by atoms with Gasteiger partial charge in [-0.3, -0.25) is 4.79 Å². The summed E-state index contributed by atoms with van der Waals surface area (Å²) in [5.41, 5.74) is -0.257. The van der Waals surface area contributed by atoms with Gasteiger partial charge in [0.1, 0.15) is 5.78 Å². The van der Waals surface area contributed by atoms with Crippen molar-refractivity contribution in [2.24, 2.45) is 5.41 Å². The summed E-state index contributed by atoms with van der Waals surface area (Å²) in [4.78, 5) is 11.4. The SMILES string of the molecule is COC1CCCC(=O)C1(C)C. The van der Waals surface area contributed by atoms with Crippen molar-refractivity contribution in [2.75, 3.05) is 7.11 Å². The van der Waals surface area contributed by atoms with E-state index in [1.54, 1.807) is 7.11 Å². The monoisotopic (exact) mass is 156 g/mol. The average Bonchev–Trinajstić information content (AvgIpc) is 1.95. The maximum Gasteiger partial charge on any atom is 0.141 e. The Morgan fingerprint density at radius 1 is 1.55 bits per heavy atom. The molecule has 1 atom stereocenters. The molecule has 2 nitrogen and oxygen atoms in total. The summed E-state index contributed by atoms with van der Waals surface area (Å²) in [7, 11) is 1.69. The first-order valence-corrected chi connectivity index (χ1v) is 4.15. The normalized spacial score (nSPS) is 30.5. The van der Waals surface area contributed by atoms with Gasteiger partial charge in [-0.25, -0.2) is 0 Å². The first-order valence-electron chi connectivity index (χ1n) is 4.15. The van der Waals surface area contributed by atoms with E-state index in [1.165, 1.54) is 0 Å². The van der Waals surface area contributed by atoms with E-state index in [9.17, 15) is 4.79 Å². The van der Waals surface area contributed by atoms with Crippen LogP contribution >= 0.6 is 0 Å². The van der Waals surface area contributed by atoms with Crippen LogP contribution in [-0.2, 0) is 9.53 Å². The van der Waals surface area contributed by atoms with Crippen molar-refractivity contribution in [3.05, 3.63) is 0 Å². The molecule has 0 bridgehead atoms. The van der Waals surface area contributed by atoms with E-state index >= 15 is 0 Å². The first-order chi connectivity index (χ1) is 5.09. The molecule has 1 fully saturated rings. The predicted molar refractivity (Wildman–Crippen MR) is 43.4 cm³/mol. The third-order valence-electron chi connectivity index (χ3n) is 2.68. The Morgan fingerprint density at radius 3 is 2.64 bits per heavy atom. The van der Waals surface area contributed by atoms with Gasteiger partial charge in [0, 0.05) is 18.9 Å². The van der Waals surface area contributed by atoms with E-state index in [0.717, 1.165) is 19.3 Å². The van der Waals surface area contributed by atoms with Gasteiger partial charge < -0.3 is 4.74 Å². The van der Waals surface area contributed by atoms with Crippen LogP contribution in [0.3, 0.4) is 0 Å². The van der Waals surface area contributed by atoms with Gasteiger partial charge in [-0.05, 0) is 12.8 Å². The minimum absolute atomic E-state index is 0.128. The minimum atomic E-state index is -0.257. The lowest BCUT2D eigenvalue weighted by molar-refractivity contribution is -0.139. The van der Waals surface area contributed by atoms with Crippen molar-refractivity contribution in [2.45, 2.75) is 39.2 Å². The van der Waals surface area contributed by atoms with Gasteiger partial charge in [-0.1, -0.05) is 13.8 Å². The summed E-state index contributed by atoms with van der Waals surface area (Å²) in [6.07, 6.45) is 2.87. The van der Waals surface area contributed by atoms with E-state index in [4.69, 9.17) is 4.74 Å². The zero-order chi connectivity index (χ0) is 8.48. The molecule has 0 spiro atoms. The molecule has 2 heteroatoms. The van der Waals surface area contributed by atoms with Crippen LogP contribution in [-0.4, -0.2) is 19.0 Å². The van der Waals surface area contributed by atoms with Crippen molar-refractivity contribution in [1.29, 1.82) is 0 Å². The Hall–Kier alpha value is -0.370. The molecule has 0 N–H and O–H groups in total. The zero-order valence-corrected chi connectivity index (χ0v) is 7.52. The van der Waals surface area contributed by atoms with Gasteiger partial charge in [0.05, 0.1) is 6.10 Å². The van der Waals surface area contributed by atoms with Crippen molar-refractivity contribution < 1.29 is 9.53 Å². The van der Waals surface area contributed by atoms with Crippen LogP contribution in [0.2, 0.25) is 0 Å². The Labute approximate surface area is 67.9 Å². The predicted octanol–water partition coefficient (Wildman–Crippen LogP) is 1.78. The topological polar surface area (TPSA) is 26.3 Å². The summed E-state index contributed by atoms with van der Waals surface area (Å²) in [5, 5.41) is 0. The Morgan fingerprint density at radius 2 is 2.18 bits per heavy atom. The maximum atomic E-state index is 11.4. The Balaban J connectivity index is 2.72. The highest BCUT2D eigenvalue weighted by Gasteiger charge is 2.39. The number of methoxy groups -OCH3 is 1. The van der Waals surface area contributed by atoms with Crippen LogP contribution in [0.5, 0.6) is 0 Å². The number of hydrogen-bond acceptors (Lipinski definition) is 2. The molecule has 0 amide bonds. The Bertz CT molecular complexity index is 161. The number of rotatable bonds is 1. The van der Waals surface area contributed by atoms with Crippen LogP contribution in [0.15, 0.2) is 0 Å². The highest BCUT2D eigenvalue weighted by atomic mass is 16.5.